The van der Waals surface area contributed by atoms with Gasteiger partial charge in [-0.1, -0.05) is 23.0 Å². The largest absolute Gasteiger partial charge is 0.496 e. The fraction of sp³-hybridized carbons (Fsp3) is 0.333. The zero-order valence-corrected chi connectivity index (χ0v) is 16.1. The molecule has 1 heterocycles. The van der Waals surface area contributed by atoms with Crippen molar-refractivity contribution < 1.29 is 15.3 Å². The van der Waals surface area contributed by atoms with Crippen LogP contribution in [0.1, 0.15) is 36.6 Å². The molecule has 0 saturated heterocycles. The Morgan fingerprint density at radius 3 is 2.96 bits per heavy atom. The molecule has 4 nitrogen and oxygen atoms in total. The minimum Gasteiger partial charge on any atom is -0.496 e. The molecule has 6 heteroatoms. The SMILES string of the molecule is COc1ccc(C)cc1C(=O)C1CC[C@@H](Nc2nc3ccc(F)cc3s2)C1.[HH]. The number of aryl methyl sites for hydroxylation is 1. The summed E-state index contributed by atoms with van der Waals surface area (Å²) >= 11 is 1.45. The van der Waals surface area contributed by atoms with Gasteiger partial charge in [-0.15, -0.1) is 0 Å². The Balaban J connectivity index is 0.00000225. The van der Waals surface area contributed by atoms with Crippen LogP contribution in [0.5, 0.6) is 5.75 Å². The lowest BCUT2D eigenvalue weighted by Crippen LogP contribution is -2.18. The molecule has 0 spiro atoms. The number of hydrogen-bond acceptors (Lipinski definition) is 5. The number of hydrogen-bond donors (Lipinski definition) is 1. The van der Waals surface area contributed by atoms with Crippen molar-refractivity contribution >= 4 is 32.5 Å². The van der Waals surface area contributed by atoms with Crippen LogP contribution >= 0.6 is 11.3 Å². The number of nitrogens with one attached hydrogen (secondary N) is 1. The molecule has 0 aliphatic heterocycles. The van der Waals surface area contributed by atoms with E-state index in [0.717, 1.165) is 40.2 Å². The fourth-order valence-electron chi connectivity index (χ4n) is 3.72. The first-order valence-corrected chi connectivity index (χ1v) is 9.86. The van der Waals surface area contributed by atoms with Crippen LogP contribution in [0.3, 0.4) is 0 Å². The Morgan fingerprint density at radius 2 is 2.15 bits per heavy atom. The summed E-state index contributed by atoms with van der Waals surface area (Å²) in [6.45, 7) is 1.98. The highest BCUT2D eigenvalue weighted by Crippen LogP contribution is 2.35. The highest BCUT2D eigenvalue weighted by Gasteiger charge is 2.32. The summed E-state index contributed by atoms with van der Waals surface area (Å²) in [5, 5.41) is 4.21. The predicted octanol–water partition coefficient (Wildman–Crippen LogP) is 5.46. The molecule has 2 atom stereocenters. The molecule has 2 aromatic carbocycles. The van der Waals surface area contributed by atoms with Gasteiger partial charge in [0.1, 0.15) is 11.6 Å². The minimum atomic E-state index is -0.253. The minimum absolute atomic E-state index is 0. The lowest BCUT2D eigenvalue weighted by molar-refractivity contribution is 0.0919. The van der Waals surface area contributed by atoms with E-state index in [1.807, 2.05) is 25.1 Å². The predicted molar refractivity (Wildman–Crippen MR) is 109 cm³/mol. The molecule has 1 fully saturated rings. The summed E-state index contributed by atoms with van der Waals surface area (Å²) in [6.07, 6.45) is 2.52. The molecule has 27 heavy (non-hydrogen) atoms. The van der Waals surface area contributed by atoms with E-state index in [0.29, 0.717) is 11.3 Å². The third-order valence-electron chi connectivity index (χ3n) is 5.10. The number of anilines is 1. The number of Topliss-reactive ketones (excluding diaryl/α,β-unsaturated/α-hetero) is 1. The molecular weight excluding hydrogens is 363 g/mol. The van der Waals surface area contributed by atoms with E-state index in [2.05, 4.69) is 10.3 Å². The molecule has 0 amide bonds. The van der Waals surface area contributed by atoms with Crippen molar-refractivity contribution in [1.82, 2.24) is 4.98 Å². The number of methoxy groups -OCH3 is 1. The van der Waals surface area contributed by atoms with Gasteiger partial charge in [0.05, 0.1) is 22.9 Å². The summed E-state index contributed by atoms with van der Waals surface area (Å²) in [5.41, 5.74) is 2.51. The normalized spacial score (nSPS) is 19.4. The van der Waals surface area contributed by atoms with E-state index in [1.54, 1.807) is 13.2 Å². The number of nitrogens with zero attached hydrogens (tertiary/aromatic N) is 1. The standard InChI is InChI=1S/C21H21FN2O2S.H2/c1-12-3-8-18(26-2)16(9-12)20(25)13-4-6-15(10-13)23-21-24-17-7-5-14(22)11-19(17)27-21;/h3,5,7-9,11,13,15H,4,6,10H2,1-2H3,(H,23,24);1H/t13?,15-;/m1./s1. The van der Waals surface area contributed by atoms with Gasteiger partial charge in [-0.3, -0.25) is 4.79 Å². The number of carbonyl (C=O) groups is 1. The molecule has 142 valence electrons. The molecule has 1 aliphatic rings. The van der Waals surface area contributed by atoms with Crippen molar-refractivity contribution in [1.29, 1.82) is 0 Å². The number of aromatic nitrogens is 1. The fourth-order valence-corrected chi connectivity index (χ4v) is 4.69. The third kappa shape index (κ3) is 3.67. The summed E-state index contributed by atoms with van der Waals surface area (Å²) in [5.74, 6) is 0.503. The number of carbonyl (C=O) groups excluding carboxylic acids is 1. The number of ether oxygens (including phenoxy) is 1. The van der Waals surface area contributed by atoms with Gasteiger partial charge in [0.15, 0.2) is 10.9 Å². The topological polar surface area (TPSA) is 51.2 Å². The summed E-state index contributed by atoms with van der Waals surface area (Å²) in [4.78, 5) is 17.5. The van der Waals surface area contributed by atoms with Gasteiger partial charge in [0.25, 0.3) is 0 Å². The van der Waals surface area contributed by atoms with Crippen molar-refractivity contribution in [3.8, 4) is 5.75 Å². The van der Waals surface area contributed by atoms with Gasteiger partial charge in [-0.05, 0) is 56.5 Å². The second-order valence-electron chi connectivity index (χ2n) is 7.05. The van der Waals surface area contributed by atoms with Crippen LogP contribution in [0.15, 0.2) is 36.4 Å². The van der Waals surface area contributed by atoms with Crippen molar-refractivity contribution in [3.63, 3.8) is 0 Å². The zero-order chi connectivity index (χ0) is 19.0. The van der Waals surface area contributed by atoms with Gasteiger partial charge >= 0.3 is 0 Å². The first kappa shape index (κ1) is 17.9. The molecule has 0 radical (unpaired) electrons. The molecule has 1 N–H and O–H groups in total. The highest BCUT2D eigenvalue weighted by molar-refractivity contribution is 7.22. The second-order valence-corrected chi connectivity index (χ2v) is 8.08. The molecule has 4 rings (SSSR count). The van der Waals surface area contributed by atoms with Gasteiger partial charge in [0, 0.05) is 13.4 Å². The molecule has 1 aromatic heterocycles. The van der Waals surface area contributed by atoms with Gasteiger partial charge in [-0.25, -0.2) is 9.37 Å². The van der Waals surface area contributed by atoms with Crippen molar-refractivity contribution in [2.45, 2.75) is 32.2 Å². The molecule has 0 bridgehead atoms. The third-order valence-corrected chi connectivity index (χ3v) is 6.05. The number of rotatable bonds is 5. The van der Waals surface area contributed by atoms with Crippen molar-refractivity contribution in [2.75, 3.05) is 12.4 Å². The molecule has 1 unspecified atom stereocenters. The van der Waals surface area contributed by atoms with Crippen LogP contribution in [0.4, 0.5) is 9.52 Å². The molecule has 3 aromatic rings. The lowest BCUT2D eigenvalue weighted by Gasteiger charge is -2.14. The van der Waals surface area contributed by atoms with Gasteiger partial charge in [0.2, 0.25) is 0 Å². The maximum atomic E-state index is 13.4. The average Bonchev–Trinajstić information content (AvgIpc) is 3.27. The van der Waals surface area contributed by atoms with E-state index in [-0.39, 0.29) is 25.0 Å². The monoisotopic (exact) mass is 386 g/mol. The molecule has 1 saturated carbocycles. The Kier molecular flexibility index (Phi) is 4.83. The Bertz CT molecular complexity index is 1010. The molecule has 1 aliphatic carbocycles. The summed E-state index contributed by atoms with van der Waals surface area (Å²) in [6, 6.07) is 10.5. The Hall–Kier alpha value is -2.47. The van der Waals surface area contributed by atoms with E-state index >= 15 is 0 Å². The van der Waals surface area contributed by atoms with E-state index in [9.17, 15) is 9.18 Å². The van der Waals surface area contributed by atoms with Crippen LogP contribution in [-0.2, 0) is 0 Å². The maximum absolute atomic E-state index is 13.4. The van der Waals surface area contributed by atoms with Crippen LogP contribution in [0.2, 0.25) is 0 Å². The van der Waals surface area contributed by atoms with Crippen molar-refractivity contribution in [3.05, 3.63) is 53.3 Å². The van der Waals surface area contributed by atoms with E-state index < -0.39 is 0 Å². The van der Waals surface area contributed by atoms with Gasteiger partial charge in [-0.2, -0.15) is 0 Å². The lowest BCUT2D eigenvalue weighted by atomic mass is 9.94. The first-order valence-electron chi connectivity index (χ1n) is 9.05. The van der Waals surface area contributed by atoms with E-state index in [1.165, 1.54) is 23.5 Å². The number of benzene rings is 2. The van der Waals surface area contributed by atoms with Gasteiger partial charge < -0.3 is 10.1 Å². The van der Waals surface area contributed by atoms with Crippen LogP contribution in [0.25, 0.3) is 10.2 Å². The summed E-state index contributed by atoms with van der Waals surface area (Å²) < 4.78 is 19.6. The maximum Gasteiger partial charge on any atom is 0.184 e. The highest BCUT2D eigenvalue weighted by atomic mass is 32.1. The smallest absolute Gasteiger partial charge is 0.184 e. The number of ketones is 1. The summed E-state index contributed by atoms with van der Waals surface area (Å²) in [7, 11) is 1.59. The second kappa shape index (κ2) is 7.27. The zero-order valence-electron chi connectivity index (χ0n) is 15.3. The van der Waals surface area contributed by atoms with Crippen molar-refractivity contribution in [2.24, 2.45) is 5.92 Å². The number of halogens is 1. The number of fused-ring (bicyclic) bond motifs is 1. The Labute approximate surface area is 162 Å². The van der Waals surface area contributed by atoms with E-state index in [4.69, 9.17) is 4.74 Å². The average molecular weight is 386 g/mol. The van der Waals surface area contributed by atoms with Crippen LogP contribution in [0, 0.1) is 18.7 Å². The van der Waals surface area contributed by atoms with Crippen LogP contribution in [-0.4, -0.2) is 23.9 Å². The number of thiazole rings is 1. The molecular formula is C21H23FN2O2S. The van der Waals surface area contributed by atoms with Crippen LogP contribution < -0.4 is 10.1 Å². The quantitative estimate of drug-likeness (QED) is 0.592. The first-order chi connectivity index (χ1) is 13.0. The Morgan fingerprint density at radius 1 is 1.30 bits per heavy atom.